The highest BCUT2D eigenvalue weighted by Gasteiger charge is 2.32. The maximum Gasteiger partial charge on any atom is 0.183 e. The van der Waals surface area contributed by atoms with Crippen molar-refractivity contribution >= 4 is 11.6 Å². The Morgan fingerprint density at radius 2 is 1.77 bits per heavy atom. The molecule has 0 amide bonds. The standard InChI is InChI=1S/C18H22ClFO2/c1-2-12-3-5-13(6-4-12)15-10-21-18(22-11-15)14-7-8-16(19)17(20)9-14/h2,7-9,12-13,15,18H,1,3-6,10-11H2/t12-,13-,15-,18-. The van der Waals surface area contributed by atoms with E-state index in [4.69, 9.17) is 21.1 Å². The van der Waals surface area contributed by atoms with Crippen molar-refractivity contribution in [2.75, 3.05) is 13.2 Å². The Kier molecular flexibility index (Phi) is 5.17. The molecule has 0 N–H and O–H groups in total. The van der Waals surface area contributed by atoms with Gasteiger partial charge in [-0.1, -0.05) is 23.7 Å². The smallest absolute Gasteiger partial charge is 0.183 e. The highest BCUT2D eigenvalue weighted by atomic mass is 35.5. The second-order valence-corrected chi connectivity index (χ2v) is 6.75. The lowest BCUT2D eigenvalue weighted by atomic mass is 9.76. The molecule has 120 valence electrons. The third kappa shape index (κ3) is 3.53. The van der Waals surface area contributed by atoms with Crippen LogP contribution in [0, 0.1) is 23.6 Å². The van der Waals surface area contributed by atoms with Gasteiger partial charge in [-0.3, -0.25) is 0 Å². The number of hydrogen-bond donors (Lipinski definition) is 0. The zero-order chi connectivity index (χ0) is 15.5. The fourth-order valence-electron chi connectivity index (χ4n) is 3.49. The number of halogens is 2. The topological polar surface area (TPSA) is 18.5 Å². The van der Waals surface area contributed by atoms with E-state index in [0.717, 1.165) is 0 Å². The normalized spacial score (nSPS) is 32.6. The molecule has 0 aromatic heterocycles. The number of benzene rings is 1. The van der Waals surface area contributed by atoms with Crippen molar-refractivity contribution in [1.29, 1.82) is 0 Å². The lowest BCUT2D eigenvalue weighted by Crippen LogP contribution is -2.34. The van der Waals surface area contributed by atoms with Gasteiger partial charge in [-0.15, -0.1) is 6.58 Å². The van der Waals surface area contributed by atoms with Crippen LogP contribution in [0.4, 0.5) is 4.39 Å². The Hall–Kier alpha value is -0.900. The van der Waals surface area contributed by atoms with Crippen molar-refractivity contribution in [3.63, 3.8) is 0 Å². The molecule has 1 aromatic carbocycles. The van der Waals surface area contributed by atoms with E-state index >= 15 is 0 Å². The lowest BCUT2D eigenvalue weighted by Gasteiger charge is -2.37. The van der Waals surface area contributed by atoms with Gasteiger partial charge in [-0.05, 0) is 49.7 Å². The molecule has 0 spiro atoms. The molecule has 22 heavy (non-hydrogen) atoms. The molecule has 0 unspecified atom stereocenters. The first-order valence-corrected chi connectivity index (χ1v) is 8.36. The van der Waals surface area contributed by atoms with E-state index in [-0.39, 0.29) is 5.02 Å². The summed E-state index contributed by atoms with van der Waals surface area (Å²) >= 11 is 5.70. The summed E-state index contributed by atoms with van der Waals surface area (Å²) in [5.74, 6) is 1.35. The Morgan fingerprint density at radius 1 is 1.09 bits per heavy atom. The number of allylic oxidation sites excluding steroid dienone is 1. The van der Waals surface area contributed by atoms with Crippen molar-refractivity contribution in [3.8, 4) is 0 Å². The molecule has 2 nitrogen and oxygen atoms in total. The van der Waals surface area contributed by atoms with Gasteiger partial charge in [0.1, 0.15) is 5.82 Å². The SMILES string of the molecule is C=C[C@H]1CC[C@H]([C@H]2CO[C@H](c3ccc(Cl)c(F)c3)OC2)CC1. The largest absolute Gasteiger partial charge is 0.348 e. The van der Waals surface area contributed by atoms with Crippen molar-refractivity contribution in [2.24, 2.45) is 17.8 Å². The summed E-state index contributed by atoms with van der Waals surface area (Å²) < 4.78 is 25.2. The van der Waals surface area contributed by atoms with Crippen LogP contribution in [0.5, 0.6) is 0 Å². The molecule has 4 heteroatoms. The first-order valence-electron chi connectivity index (χ1n) is 7.98. The van der Waals surface area contributed by atoms with Crippen molar-refractivity contribution < 1.29 is 13.9 Å². The monoisotopic (exact) mass is 324 g/mol. The van der Waals surface area contributed by atoms with Gasteiger partial charge in [0.05, 0.1) is 18.2 Å². The fourth-order valence-corrected chi connectivity index (χ4v) is 3.61. The Bertz CT molecular complexity index is 518. The molecular formula is C18H22ClFO2. The summed E-state index contributed by atoms with van der Waals surface area (Å²) in [6.07, 6.45) is 6.47. The minimum atomic E-state index is -0.479. The van der Waals surface area contributed by atoms with E-state index in [0.29, 0.717) is 36.5 Å². The van der Waals surface area contributed by atoms with Crippen LogP contribution < -0.4 is 0 Å². The summed E-state index contributed by atoms with van der Waals surface area (Å²) in [4.78, 5) is 0. The van der Waals surface area contributed by atoms with Gasteiger partial charge in [0.25, 0.3) is 0 Å². The molecule has 1 aliphatic heterocycles. The van der Waals surface area contributed by atoms with Crippen molar-refractivity contribution in [3.05, 3.63) is 47.3 Å². The molecule has 0 atom stereocenters. The second kappa shape index (κ2) is 7.12. The van der Waals surface area contributed by atoms with Crippen LogP contribution in [-0.4, -0.2) is 13.2 Å². The van der Waals surface area contributed by atoms with Crippen LogP contribution >= 0.6 is 11.6 Å². The zero-order valence-corrected chi connectivity index (χ0v) is 13.4. The zero-order valence-electron chi connectivity index (χ0n) is 12.6. The summed E-state index contributed by atoms with van der Waals surface area (Å²) in [5, 5.41) is 0.122. The number of ether oxygens (including phenoxy) is 2. The van der Waals surface area contributed by atoms with Crippen LogP contribution in [0.3, 0.4) is 0 Å². The fraction of sp³-hybridized carbons (Fsp3) is 0.556. The van der Waals surface area contributed by atoms with Crippen LogP contribution in [0.25, 0.3) is 0 Å². The Morgan fingerprint density at radius 3 is 2.36 bits per heavy atom. The minimum absolute atomic E-state index is 0.122. The van der Waals surface area contributed by atoms with Crippen molar-refractivity contribution in [2.45, 2.75) is 32.0 Å². The molecule has 2 fully saturated rings. The highest BCUT2D eigenvalue weighted by molar-refractivity contribution is 6.30. The van der Waals surface area contributed by atoms with Gasteiger partial charge in [-0.25, -0.2) is 4.39 Å². The van der Waals surface area contributed by atoms with Gasteiger partial charge >= 0.3 is 0 Å². The van der Waals surface area contributed by atoms with E-state index in [2.05, 4.69) is 12.7 Å². The van der Waals surface area contributed by atoms with E-state index in [1.807, 2.05) is 0 Å². The third-order valence-corrected chi connectivity index (χ3v) is 5.26. The predicted molar refractivity (Wildman–Crippen MR) is 85.2 cm³/mol. The summed E-state index contributed by atoms with van der Waals surface area (Å²) in [5.41, 5.74) is 0.690. The molecule has 0 radical (unpaired) electrons. The van der Waals surface area contributed by atoms with Crippen LogP contribution in [-0.2, 0) is 9.47 Å². The molecule has 1 aromatic rings. The first-order chi connectivity index (χ1) is 10.7. The van der Waals surface area contributed by atoms with Crippen LogP contribution in [0.1, 0.15) is 37.5 Å². The lowest BCUT2D eigenvalue weighted by molar-refractivity contribution is -0.214. The number of rotatable bonds is 3. The van der Waals surface area contributed by atoms with Crippen LogP contribution in [0.15, 0.2) is 30.9 Å². The van der Waals surface area contributed by atoms with Crippen molar-refractivity contribution in [1.82, 2.24) is 0 Å². The van der Waals surface area contributed by atoms with Gasteiger partial charge < -0.3 is 9.47 Å². The van der Waals surface area contributed by atoms with Gasteiger partial charge in [0.2, 0.25) is 0 Å². The molecular weight excluding hydrogens is 303 g/mol. The van der Waals surface area contributed by atoms with E-state index in [1.54, 1.807) is 12.1 Å². The summed E-state index contributed by atoms with van der Waals surface area (Å²) in [6, 6.07) is 4.69. The molecule has 1 saturated heterocycles. The van der Waals surface area contributed by atoms with E-state index in [1.165, 1.54) is 31.7 Å². The Balaban J connectivity index is 1.54. The van der Waals surface area contributed by atoms with Gasteiger partial charge in [0, 0.05) is 11.5 Å². The Labute approximate surface area is 136 Å². The third-order valence-electron chi connectivity index (χ3n) is 4.96. The molecule has 3 rings (SSSR count). The molecule has 1 aliphatic carbocycles. The van der Waals surface area contributed by atoms with E-state index < -0.39 is 12.1 Å². The first kappa shape index (κ1) is 16.0. The van der Waals surface area contributed by atoms with Gasteiger partial charge in [-0.2, -0.15) is 0 Å². The van der Waals surface area contributed by atoms with Gasteiger partial charge in [0.15, 0.2) is 6.29 Å². The predicted octanol–water partition coefficient (Wildman–Crippen LogP) is 5.13. The maximum atomic E-state index is 13.5. The molecule has 2 aliphatic rings. The molecule has 0 bridgehead atoms. The summed E-state index contributed by atoms with van der Waals surface area (Å²) in [7, 11) is 0. The summed E-state index contributed by atoms with van der Waals surface area (Å²) in [6.45, 7) is 5.25. The quantitative estimate of drug-likeness (QED) is 0.717. The molecule has 1 heterocycles. The average Bonchev–Trinajstić information content (AvgIpc) is 2.58. The second-order valence-electron chi connectivity index (χ2n) is 6.34. The van der Waals surface area contributed by atoms with Crippen LogP contribution in [0.2, 0.25) is 5.02 Å². The maximum absolute atomic E-state index is 13.5. The average molecular weight is 325 g/mol. The molecule has 1 saturated carbocycles. The van der Waals surface area contributed by atoms with E-state index in [9.17, 15) is 4.39 Å². The minimum Gasteiger partial charge on any atom is -0.348 e. The number of hydrogen-bond acceptors (Lipinski definition) is 2. The highest BCUT2D eigenvalue weighted by Crippen LogP contribution is 2.37.